The minimum atomic E-state index is -3.76. The van der Waals surface area contributed by atoms with Crippen LogP contribution in [0, 0.1) is 10.1 Å². The number of nitrogens with two attached hydrogens (primary N) is 2. The van der Waals surface area contributed by atoms with Crippen molar-refractivity contribution in [2.24, 2.45) is 5.14 Å². The highest BCUT2D eigenvalue weighted by Gasteiger charge is 2.22. The van der Waals surface area contributed by atoms with Gasteiger partial charge in [-0.2, -0.15) is 0 Å². The largest absolute Gasteiger partial charge is 0.382 e. The monoisotopic (exact) mass is 476 g/mol. The molecule has 2 aromatic heterocycles. The average molecular weight is 477 g/mol. The van der Waals surface area contributed by atoms with Crippen LogP contribution in [0.15, 0.2) is 58.5 Å². The summed E-state index contributed by atoms with van der Waals surface area (Å²) < 4.78 is 22.7. The van der Waals surface area contributed by atoms with Crippen LogP contribution in [0.25, 0.3) is 9.88 Å². The Kier molecular flexibility index (Phi) is 5.58. The number of thiazole rings is 2. The third-order valence-electron chi connectivity index (χ3n) is 4.44. The number of hydrogen-bond acceptors (Lipinski definition) is 10. The van der Waals surface area contributed by atoms with Gasteiger partial charge in [-0.25, -0.2) is 23.5 Å². The highest BCUT2D eigenvalue weighted by Crippen LogP contribution is 2.39. The van der Waals surface area contributed by atoms with Gasteiger partial charge in [-0.3, -0.25) is 10.1 Å². The smallest absolute Gasteiger partial charge is 0.265 e. The summed E-state index contributed by atoms with van der Waals surface area (Å²) in [6.07, 6.45) is 5.51. The van der Waals surface area contributed by atoms with Gasteiger partial charge in [-0.1, -0.05) is 17.4 Å². The number of nitro groups is 1. The van der Waals surface area contributed by atoms with E-state index in [1.165, 1.54) is 40.9 Å². The second kappa shape index (κ2) is 8.19. The fourth-order valence-electron chi connectivity index (χ4n) is 2.94. The number of allylic oxidation sites excluding steroid dienone is 3. The summed E-state index contributed by atoms with van der Waals surface area (Å²) in [5, 5.41) is 22.3. The summed E-state index contributed by atoms with van der Waals surface area (Å²) in [5.74, 6) is 0.138. The first-order valence-electron chi connectivity index (χ1n) is 8.85. The lowest BCUT2D eigenvalue weighted by molar-refractivity contribution is -0.419. The van der Waals surface area contributed by atoms with Gasteiger partial charge in [0.25, 0.3) is 5.70 Å². The maximum atomic E-state index is 11.4. The molecular formula is C18H16N6O4S3. The quantitative estimate of drug-likeness (QED) is 0.359. The van der Waals surface area contributed by atoms with E-state index in [-0.39, 0.29) is 16.5 Å². The lowest BCUT2D eigenvalue weighted by Gasteiger charge is -2.10. The summed E-state index contributed by atoms with van der Waals surface area (Å²) in [4.78, 5) is 20.2. The maximum absolute atomic E-state index is 11.4. The van der Waals surface area contributed by atoms with Crippen molar-refractivity contribution in [2.45, 2.75) is 17.2 Å². The predicted octanol–water partition coefficient (Wildman–Crippen LogP) is 3.44. The molecule has 1 unspecified atom stereocenters. The van der Waals surface area contributed by atoms with Gasteiger partial charge in [0.1, 0.15) is 15.7 Å². The van der Waals surface area contributed by atoms with Crippen molar-refractivity contribution in [3.8, 4) is 9.88 Å². The molecule has 5 N–H and O–H groups in total. The van der Waals surface area contributed by atoms with Crippen molar-refractivity contribution in [1.29, 1.82) is 0 Å². The molecule has 0 saturated carbocycles. The third-order valence-corrected chi connectivity index (χ3v) is 7.37. The predicted molar refractivity (Wildman–Crippen MR) is 120 cm³/mol. The number of primary sulfonamides is 1. The molecule has 3 aromatic rings. The molecule has 160 valence electrons. The van der Waals surface area contributed by atoms with E-state index in [1.807, 2.05) is 5.38 Å². The van der Waals surface area contributed by atoms with Gasteiger partial charge in [-0.05, 0) is 30.7 Å². The molecule has 0 saturated heterocycles. The number of rotatable bonds is 6. The molecule has 0 bridgehead atoms. The molecule has 13 heteroatoms. The second-order valence-corrected chi connectivity index (χ2v) is 10.0. The zero-order chi connectivity index (χ0) is 22.2. The van der Waals surface area contributed by atoms with Crippen molar-refractivity contribution < 1.29 is 13.3 Å². The Hall–Kier alpha value is -3.13. The standard InChI is InChI=1S/C18H16N6O4S3/c19-16-15(17-22-14(9-29-17)10-2-1-3-12(8-10)24(25)26)30-18(23-16)21-11-4-6-13(7-5-11)31(20,27)28/h1,3-10H,2,19H2,(H,21,23)(H2,20,27,28). The molecule has 1 aromatic carbocycles. The molecule has 0 radical (unpaired) electrons. The first-order chi connectivity index (χ1) is 14.7. The van der Waals surface area contributed by atoms with E-state index < -0.39 is 14.9 Å². The zero-order valence-corrected chi connectivity index (χ0v) is 18.2. The van der Waals surface area contributed by atoms with Gasteiger partial charge < -0.3 is 11.1 Å². The van der Waals surface area contributed by atoms with Crippen LogP contribution in [0.2, 0.25) is 0 Å². The SMILES string of the molecule is Nc1nc(Nc2ccc(S(N)(=O)=O)cc2)sc1-c1nc(C2C=C([N+](=O)[O-])C=CC2)cs1. The topological polar surface area (TPSA) is 167 Å². The number of sulfonamides is 1. The van der Waals surface area contributed by atoms with E-state index in [9.17, 15) is 18.5 Å². The number of nitrogens with zero attached hydrogens (tertiary/aromatic N) is 3. The molecule has 0 fully saturated rings. The summed E-state index contributed by atoms with van der Waals surface area (Å²) >= 11 is 2.69. The Labute approximate surface area is 185 Å². The van der Waals surface area contributed by atoms with Crippen LogP contribution in [0.5, 0.6) is 0 Å². The van der Waals surface area contributed by atoms with Crippen LogP contribution < -0.4 is 16.2 Å². The molecule has 1 atom stereocenters. The van der Waals surface area contributed by atoms with Gasteiger partial charge in [0.05, 0.1) is 15.5 Å². The Morgan fingerprint density at radius 2 is 1.97 bits per heavy atom. The molecular weight excluding hydrogens is 460 g/mol. The average Bonchev–Trinajstić information content (AvgIpc) is 3.34. The fourth-order valence-corrected chi connectivity index (χ4v) is 5.35. The van der Waals surface area contributed by atoms with Crippen molar-refractivity contribution in [3.63, 3.8) is 0 Å². The molecule has 4 rings (SSSR count). The third kappa shape index (κ3) is 4.64. The molecule has 2 heterocycles. The van der Waals surface area contributed by atoms with Gasteiger partial charge in [0.15, 0.2) is 5.13 Å². The molecule has 0 amide bonds. The highest BCUT2D eigenvalue weighted by atomic mass is 32.2. The van der Waals surface area contributed by atoms with E-state index in [4.69, 9.17) is 10.9 Å². The summed E-state index contributed by atoms with van der Waals surface area (Å²) in [7, 11) is -3.76. The number of aromatic nitrogens is 2. The normalized spacial score (nSPS) is 16.2. The van der Waals surface area contributed by atoms with Crippen LogP contribution >= 0.6 is 22.7 Å². The Morgan fingerprint density at radius 1 is 1.23 bits per heavy atom. The minimum absolute atomic E-state index is 0.0135. The van der Waals surface area contributed by atoms with Gasteiger partial charge in [0.2, 0.25) is 10.0 Å². The summed E-state index contributed by atoms with van der Waals surface area (Å²) in [5.41, 5.74) is 7.50. The molecule has 0 aliphatic heterocycles. The zero-order valence-electron chi connectivity index (χ0n) is 15.8. The lowest BCUT2D eigenvalue weighted by Crippen LogP contribution is -2.11. The summed E-state index contributed by atoms with van der Waals surface area (Å²) in [6.45, 7) is 0. The Morgan fingerprint density at radius 3 is 2.65 bits per heavy atom. The van der Waals surface area contributed by atoms with E-state index in [1.54, 1.807) is 24.3 Å². The van der Waals surface area contributed by atoms with Crippen molar-refractivity contribution >= 4 is 49.3 Å². The second-order valence-electron chi connectivity index (χ2n) is 6.60. The van der Waals surface area contributed by atoms with E-state index >= 15 is 0 Å². The number of hydrogen-bond donors (Lipinski definition) is 3. The first kappa shape index (κ1) is 21.1. The van der Waals surface area contributed by atoms with Crippen molar-refractivity contribution in [3.05, 3.63) is 69.4 Å². The molecule has 1 aliphatic carbocycles. The Balaban J connectivity index is 1.53. The lowest BCUT2D eigenvalue weighted by atomic mass is 9.97. The number of benzene rings is 1. The van der Waals surface area contributed by atoms with Gasteiger partial charge >= 0.3 is 0 Å². The minimum Gasteiger partial charge on any atom is -0.382 e. The molecule has 10 nitrogen and oxygen atoms in total. The van der Waals surface area contributed by atoms with Crippen LogP contribution in [0.4, 0.5) is 16.6 Å². The molecule has 1 aliphatic rings. The molecule has 31 heavy (non-hydrogen) atoms. The Bertz CT molecular complexity index is 1310. The number of nitrogen functional groups attached to an aromatic ring is 1. The van der Waals surface area contributed by atoms with E-state index in [0.29, 0.717) is 32.9 Å². The maximum Gasteiger partial charge on any atom is 0.265 e. The highest BCUT2D eigenvalue weighted by molar-refractivity contribution is 7.89. The summed E-state index contributed by atoms with van der Waals surface area (Å²) in [6, 6.07) is 5.95. The van der Waals surface area contributed by atoms with E-state index in [0.717, 1.165) is 5.69 Å². The fraction of sp³-hybridized carbons (Fsp3) is 0.111. The van der Waals surface area contributed by atoms with Gasteiger partial charge in [-0.15, -0.1) is 11.3 Å². The number of nitrogens with one attached hydrogen (secondary N) is 1. The van der Waals surface area contributed by atoms with Crippen LogP contribution in [0.3, 0.4) is 0 Å². The number of anilines is 3. The van der Waals surface area contributed by atoms with Crippen LogP contribution in [-0.2, 0) is 10.0 Å². The van der Waals surface area contributed by atoms with Crippen LogP contribution in [-0.4, -0.2) is 23.3 Å². The van der Waals surface area contributed by atoms with Crippen molar-refractivity contribution in [1.82, 2.24) is 9.97 Å². The van der Waals surface area contributed by atoms with Crippen LogP contribution in [0.1, 0.15) is 18.0 Å². The van der Waals surface area contributed by atoms with Crippen molar-refractivity contribution in [2.75, 3.05) is 11.1 Å². The first-order valence-corrected chi connectivity index (χ1v) is 12.1. The van der Waals surface area contributed by atoms with Gasteiger partial charge in [0, 0.05) is 29.1 Å². The molecule has 0 spiro atoms. The van der Waals surface area contributed by atoms with E-state index in [2.05, 4.69) is 15.3 Å².